The number of nitrogens with zero attached hydrogens (tertiary/aromatic N) is 1. The third-order valence-electron chi connectivity index (χ3n) is 3.78. The monoisotopic (exact) mass is 432 g/mol. The molecule has 1 amide bonds. The van der Waals surface area contributed by atoms with Crippen molar-refractivity contribution < 1.29 is 18.5 Å². The topological polar surface area (TPSA) is 72.2 Å². The van der Waals surface area contributed by atoms with Crippen LogP contribution in [0.25, 0.3) is 11.1 Å². The minimum atomic E-state index is -0.950. The van der Waals surface area contributed by atoms with Gasteiger partial charge in [0.05, 0.1) is 15.1 Å². The zero-order chi connectivity index (χ0) is 19.6. The minimum Gasteiger partial charge on any atom is -0.319 e. The lowest BCUT2D eigenvalue weighted by atomic mass is 10.0. The summed E-state index contributed by atoms with van der Waals surface area (Å²) in [5, 5.41) is 13.4. The molecule has 0 saturated heterocycles. The normalized spacial score (nSPS) is 10.5. The number of carbonyl (C=O) groups excluding carboxylic acids is 1. The lowest BCUT2D eigenvalue weighted by Gasteiger charge is -2.13. The van der Waals surface area contributed by atoms with Crippen molar-refractivity contribution in [2.24, 2.45) is 0 Å². The summed E-state index contributed by atoms with van der Waals surface area (Å²) >= 11 is 3.03. The van der Waals surface area contributed by atoms with E-state index in [-0.39, 0.29) is 27.0 Å². The van der Waals surface area contributed by atoms with Gasteiger partial charge in [-0.3, -0.25) is 14.9 Å². The number of hydrogen-bond donors (Lipinski definition) is 1. The zero-order valence-corrected chi connectivity index (χ0v) is 15.2. The van der Waals surface area contributed by atoms with Crippen LogP contribution in [0.4, 0.5) is 20.2 Å². The van der Waals surface area contributed by atoms with Gasteiger partial charge in [-0.05, 0) is 39.7 Å². The smallest absolute Gasteiger partial charge is 0.284 e. The molecule has 3 rings (SSSR count). The first-order chi connectivity index (χ1) is 12.9. The fourth-order valence-corrected chi connectivity index (χ4v) is 2.92. The van der Waals surface area contributed by atoms with Crippen LogP contribution in [0.2, 0.25) is 0 Å². The summed E-state index contributed by atoms with van der Waals surface area (Å²) in [5.41, 5.74) is 0.123. The number of nitrogens with one attached hydrogen (secondary N) is 1. The van der Waals surface area contributed by atoms with Crippen molar-refractivity contribution in [1.82, 2.24) is 0 Å². The molecule has 1 N–H and O–H groups in total. The molecule has 0 aliphatic heterocycles. The first-order valence-corrected chi connectivity index (χ1v) is 8.46. The van der Waals surface area contributed by atoms with Gasteiger partial charge in [0.25, 0.3) is 11.6 Å². The van der Waals surface area contributed by atoms with E-state index < -0.39 is 22.5 Å². The Morgan fingerprint density at radius 1 is 1.04 bits per heavy atom. The van der Waals surface area contributed by atoms with Crippen LogP contribution in [-0.2, 0) is 0 Å². The molecule has 0 aliphatic carbocycles. The molecule has 3 aromatic rings. The molecule has 0 saturated carbocycles. The van der Waals surface area contributed by atoms with Crippen molar-refractivity contribution in [3.8, 4) is 11.1 Å². The fraction of sp³-hybridized carbons (Fsp3) is 0. The Bertz CT molecular complexity index is 1040. The Hall–Kier alpha value is -3.13. The van der Waals surface area contributed by atoms with Gasteiger partial charge in [-0.25, -0.2) is 8.78 Å². The minimum absolute atomic E-state index is 0.0346. The highest BCUT2D eigenvalue weighted by Crippen LogP contribution is 2.32. The number of nitro groups is 1. The van der Waals surface area contributed by atoms with E-state index in [0.717, 1.165) is 12.1 Å². The summed E-state index contributed by atoms with van der Waals surface area (Å²) in [7, 11) is 0. The molecule has 3 aromatic carbocycles. The van der Waals surface area contributed by atoms with Crippen LogP contribution in [0.3, 0.4) is 0 Å². The fourth-order valence-electron chi connectivity index (χ4n) is 2.53. The number of benzene rings is 3. The van der Waals surface area contributed by atoms with Crippen LogP contribution >= 0.6 is 15.9 Å². The second kappa shape index (κ2) is 7.63. The van der Waals surface area contributed by atoms with Gasteiger partial charge >= 0.3 is 0 Å². The van der Waals surface area contributed by atoms with Crippen molar-refractivity contribution >= 4 is 33.2 Å². The van der Waals surface area contributed by atoms with Crippen molar-refractivity contribution in [3.05, 3.63) is 92.4 Å². The quantitative estimate of drug-likeness (QED) is 0.433. The van der Waals surface area contributed by atoms with Crippen LogP contribution < -0.4 is 5.32 Å². The predicted octanol–water partition coefficient (Wildman–Crippen LogP) is 5.55. The Kier molecular flexibility index (Phi) is 5.27. The van der Waals surface area contributed by atoms with Gasteiger partial charge in [-0.15, -0.1) is 0 Å². The van der Waals surface area contributed by atoms with E-state index >= 15 is 0 Å². The molecule has 5 nitrogen and oxygen atoms in total. The van der Waals surface area contributed by atoms with E-state index in [4.69, 9.17) is 0 Å². The van der Waals surface area contributed by atoms with Crippen LogP contribution in [0, 0.1) is 21.7 Å². The van der Waals surface area contributed by atoms with Crippen LogP contribution in [0.1, 0.15) is 10.4 Å². The van der Waals surface area contributed by atoms with E-state index in [2.05, 4.69) is 21.2 Å². The highest BCUT2D eigenvalue weighted by molar-refractivity contribution is 9.10. The number of rotatable bonds is 4. The predicted molar refractivity (Wildman–Crippen MR) is 101 cm³/mol. The second-order valence-corrected chi connectivity index (χ2v) is 6.41. The van der Waals surface area contributed by atoms with E-state index in [9.17, 15) is 23.7 Å². The molecular formula is C19H11BrF2N2O3. The van der Waals surface area contributed by atoms with Crippen molar-refractivity contribution in [2.75, 3.05) is 5.32 Å². The summed E-state index contributed by atoms with van der Waals surface area (Å²) in [6, 6.07) is 14.0. The maximum Gasteiger partial charge on any atom is 0.284 e. The van der Waals surface area contributed by atoms with Crippen LogP contribution in [0.15, 0.2) is 65.1 Å². The van der Waals surface area contributed by atoms with Crippen LogP contribution in [-0.4, -0.2) is 10.8 Å². The summed E-state index contributed by atoms with van der Waals surface area (Å²) in [5.74, 6) is -2.49. The SMILES string of the molecule is O=C(Nc1c(F)cc(F)cc1-c1ccccc1)c1ccc(Br)c([N+](=O)[O-])c1. The third kappa shape index (κ3) is 4.01. The number of amides is 1. The molecule has 0 aromatic heterocycles. The molecule has 0 spiro atoms. The molecule has 0 fully saturated rings. The van der Waals surface area contributed by atoms with Gasteiger partial charge in [0.15, 0.2) is 0 Å². The molecule has 27 heavy (non-hydrogen) atoms. The number of anilines is 1. The van der Waals surface area contributed by atoms with Gasteiger partial charge < -0.3 is 5.32 Å². The molecule has 136 valence electrons. The summed E-state index contributed by atoms with van der Waals surface area (Å²) in [6.07, 6.45) is 0. The number of hydrogen-bond acceptors (Lipinski definition) is 3. The van der Waals surface area contributed by atoms with Gasteiger partial charge in [0, 0.05) is 23.3 Å². The number of nitro benzene ring substituents is 1. The molecule has 0 unspecified atom stereocenters. The van der Waals surface area contributed by atoms with Gasteiger partial charge in [-0.1, -0.05) is 30.3 Å². The Morgan fingerprint density at radius 2 is 1.74 bits per heavy atom. The van der Waals surface area contributed by atoms with Crippen LogP contribution in [0.5, 0.6) is 0 Å². The Labute approximate surface area is 160 Å². The van der Waals surface area contributed by atoms with E-state index in [1.807, 2.05) is 0 Å². The molecule has 0 atom stereocenters. The summed E-state index contributed by atoms with van der Waals surface area (Å²) in [4.78, 5) is 22.9. The molecule has 0 aliphatic rings. The Morgan fingerprint density at radius 3 is 2.41 bits per heavy atom. The number of carbonyl (C=O) groups is 1. The standard InChI is InChI=1S/C19H11BrF2N2O3/c20-15-7-6-12(8-17(15)24(26)27)19(25)23-18-14(9-13(21)10-16(18)22)11-4-2-1-3-5-11/h1-10H,(H,23,25). The lowest BCUT2D eigenvalue weighted by molar-refractivity contribution is -0.385. The first kappa shape index (κ1) is 18.7. The van der Waals surface area contributed by atoms with Crippen molar-refractivity contribution in [2.45, 2.75) is 0 Å². The molecule has 0 radical (unpaired) electrons. The maximum absolute atomic E-state index is 14.4. The largest absolute Gasteiger partial charge is 0.319 e. The lowest BCUT2D eigenvalue weighted by Crippen LogP contribution is -2.14. The molecule has 0 bridgehead atoms. The number of halogens is 3. The molecule has 8 heteroatoms. The van der Waals surface area contributed by atoms with E-state index in [0.29, 0.717) is 11.6 Å². The van der Waals surface area contributed by atoms with Gasteiger partial charge in [-0.2, -0.15) is 0 Å². The Balaban J connectivity index is 2.02. The second-order valence-electron chi connectivity index (χ2n) is 5.55. The van der Waals surface area contributed by atoms with Crippen molar-refractivity contribution in [1.29, 1.82) is 0 Å². The highest BCUT2D eigenvalue weighted by atomic mass is 79.9. The summed E-state index contributed by atoms with van der Waals surface area (Å²) in [6.45, 7) is 0. The average molecular weight is 433 g/mol. The van der Waals surface area contributed by atoms with E-state index in [1.165, 1.54) is 12.1 Å². The average Bonchev–Trinajstić information content (AvgIpc) is 2.64. The maximum atomic E-state index is 14.4. The van der Waals surface area contributed by atoms with Crippen molar-refractivity contribution in [3.63, 3.8) is 0 Å². The molecular weight excluding hydrogens is 422 g/mol. The first-order valence-electron chi connectivity index (χ1n) is 7.66. The van der Waals surface area contributed by atoms with Gasteiger partial charge in [0.1, 0.15) is 11.6 Å². The third-order valence-corrected chi connectivity index (χ3v) is 4.45. The zero-order valence-electron chi connectivity index (χ0n) is 13.6. The van der Waals surface area contributed by atoms with Gasteiger partial charge in [0.2, 0.25) is 0 Å². The molecule has 0 heterocycles. The highest BCUT2D eigenvalue weighted by Gasteiger charge is 2.19. The summed E-state index contributed by atoms with van der Waals surface area (Å²) < 4.78 is 28.3. The van der Waals surface area contributed by atoms with E-state index in [1.54, 1.807) is 30.3 Å².